The van der Waals surface area contributed by atoms with E-state index in [0.29, 0.717) is 29.8 Å². The van der Waals surface area contributed by atoms with Crippen molar-refractivity contribution in [2.24, 2.45) is 0 Å². The number of aryl methyl sites for hydroxylation is 1. The number of anilines is 2. The molecule has 0 atom stereocenters. The van der Waals surface area contributed by atoms with Crippen molar-refractivity contribution in [1.82, 2.24) is 9.97 Å². The fraction of sp³-hybridized carbons (Fsp3) is 0.278. The van der Waals surface area contributed by atoms with Crippen LogP contribution in [0.15, 0.2) is 43.0 Å². The molecule has 5 nitrogen and oxygen atoms in total. The van der Waals surface area contributed by atoms with Crippen molar-refractivity contribution in [2.75, 3.05) is 17.2 Å². The van der Waals surface area contributed by atoms with E-state index in [2.05, 4.69) is 41.0 Å². The summed E-state index contributed by atoms with van der Waals surface area (Å²) < 4.78 is 0. The summed E-state index contributed by atoms with van der Waals surface area (Å²) in [6, 6.07) is 9.44. The molecule has 0 aliphatic heterocycles. The molecule has 5 heteroatoms. The normalized spacial score (nSPS) is 10.4. The molecule has 0 radical (unpaired) electrons. The van der Waals surface area contributed by atoms with E-state index in [1.165, 1.54) is 0 Å². The average Bonchev–Trinajstić information content (AvgIpc) is 2.52. The first kappa shape index (κ1) is 16.7. The number of nitrogens with one attached hydrogen (secondary N) is 2. The van der Waals surface area contributed by atoms with Gasteiger partial charge in [0.1, 0.15) is 17.3 Å². The zero-order valence-corrected chi connectivity index (χ0v) is 13.8. The summed E-state index contributed by atoms with van der Waals surface area (Å²) in [4.78, 5) is 21.0. The van der Waals surface area contributed by atoms with Crippen LogP contribution in [0.1, 0.15) is 41.6 Å². The third-order valence-electron chi connectivity index (χ3n) is 3.33. The third-order valence-corrected chi connectivity index (χ3v) is 3.33. The zero-order chi connectivity index (χ0) is 16.8. The van der Waals surface area contributed by atoms with Gasteiger partial charge in [-0.25, -0.2) is 9.97 Å². The molecular formula is C18H22N4O. The van der Waals surface area contributed by atoms with Crippen LogP contribution < -0.4 is 10.6 Å². The lowest BCUT2D eigenvalue weighted by Gasteiger charge is -2.14. The van der Waals surface area contributed by atoms with Crippen LogP contribution in [-0.4, -0.2) is 22.4 Å². The van der Waals surface area contributed by atoms with E-state index in [-0.39, 0.29) is 5.91 Å². The van der Waals surface area contributed by atoms with Crippen LogP contribution in [0.2, 0.25) is 0 Å². The Morgan fingerprint density at radius 2 is 2.04 bits per heavy atom. The van der Waals surface area contributed by atoms with Gasteiger partial charge in [-0.15, -0.1) is 6.58 Å². The van der Waals surface area contributed by atoms with Crippen molar-refractivity contribution in [1.29, 1.82) is 0 Å². The van der Waals surface area contributed by atoms with Gasteiger partial charge in [0, 0.05) is 18.3 Å². The Bertz CT molecular complexity index is 710. The van der Waals surface area contributed by atoms with Crippen LogP contribution >= 0.6 is 0 Å². The molecule has 1 aromatic heterocycles. The van der Waals surface area contributed by atoms with E-state index in [9.17, 15) is 4.79 Å². The first-order valence-electron chi connectivity index (χ1n) is 7.62. The van der Waals surface area contributed by atoms with Gasteiger partial charge in [-0.2, -0.15) is 0 Å². The van der Waals surface area contributed by atoms with Crippen LogP contribution in [0.4, 0.5) is 11.5 Å². The number of hydrogen-bond donors (Lipinski definition) is 2. The maximum atomic E-state index is 12.5. The van der Waals surface area contributed by atoms with Crippen molar-refractivity contribution < 1.29 is 4.79 Å². The highest BCUT2D eigenvalue weighted by Gasteiger charge is 2.13. The number of carbonyl (C=O) groups excluding carboxylic acids is 1. The number of hydrogen-bond acceptors (Lipinski definition) is 4. The maximum absolute atomic E-state index is 12.5. The van der Waals surface area contributed by atoms with Gasteiger partial charge in [0.05, 0.1) is 0 Å². The van der Waals surface area contributed by atoms with Gasteiger partial charge in [-0.05, 0) is 24.5 Å². The molecule has 0 bridgehead atoms. The fourth-order valence-electron chi connectivity index (χ4n) is 2.25. The number of rotatable bonds is 6. The van der Waals surface area contributed by atoms with E-state index in [1.54, 1.807) is 19.1 Å². The Hall–Kier alpha value is -2.69. The van der Waals surface area contributed by atoms with E-state index in [1.807, 2.05) is 24.3 Å². The molecule has 1 heterocycles. The van der Waals surface area contributed by atoms with E-state index in [0.717, 1.165) is 11.3 Å². The summed E-state index contributed by atoms with van der Waals surface area (Å²) in [6.45, 7) is 10.2. The Kier molecular flexibility index (Phi) is 5.46. The monoisotopic (exact) mass is 310 g/mol. The van der Waals surface area contributed by atoms with Gasteiger partial charge < -0.3 is 10.6 Å². The second-order valence-corrected chi connectivity index (χ2v) is 5.55. The molecule has 1 amide bonds. The highest BCUT2D eigenvalue weighted by molar-refractivity contribution is 6.03. The van der Waals surface area contributed by atoms with Crippen LogP contribution in [0, 0.1) is 6.92 Å². The minimum atomic E-state index is -0.245. The number of amides is 1. The third kappa shape index (κ3) is 4.39. The summed E-state index contributed by atoms with van der Waals surface area (Å²) in [5.74, 6) is 1.23. The molecule has 23 heavy (non-hydrogen) atoms. The summed E-state index contributed by atoms with van der Waals surface area (Å²) >= 11 is 0. The topological polar surface area (TPSA) is 66.9 Å². The highest BCUT2D eigenvalue weighted by Crippen LogP contribution is 2.24. The van der Waals surface area contributed by atoms with Gasteiger partial charge in [-0.3, -0.25) is 4.79 Å². The molecule has 0 aliphatic rings. The van der Waals surface area contributed by atoms with E-state index >= 15 is 0 Å². The number of para-hydroxylation sites is 1. The Morgan fingerprint density at radius 1 is 1.30 bits per heavy atom. The number of benzene rings is 1. The predicted octanol–water partition coefficient (Wildman–Crippen LogP) is 3.76. The first-order chi connectivity index (χ1) is 11.0. The first-order valence-corrected chi connectivity index (χ1v) is 7.62. The predicted molar refractivity (Wildman–Crippen MR) is 93.9 cm³/mol. The number of nitrogens with zero attached hydrogens (tertiary/aromatic N) is 2. The largest absolute Gasteiger partial charge is 0.366 e. The number of aromatic nitrogens is 2. The molecule has 2 N–H and O–H groups in total. The van der Waals surface area contributed by atoms with Gasteiger partial charge in [-0.1, -0.05) is 38.1 Å². The molecule has 0 saturated carbocycles. The smallest absolute Gasteiger partial charge is 0.274 e. The van der Waals surface area contributed by atoms with Gasteiger partial charge in [0.25, 0.3) is 5.91 Å². The summed E-state index contributed by atoms with van der Waals surface area (Å²) in [5.41, 5.74) is 2.24. The van der Waals surface area contributed by atoms with Crippen LogP contribution in [0.3, 0.4) is 0 Å². The Morgan fingerprint density at radius 3 is 2.74 bits per heavy atom. The second-order valence-electron chi connectivity index (χ2n) is 5.55. The van der Waals surface area contributed by atoms with Crippen molar-refractivity contribution in [3.05, 3.63) is 60.1 Å². The highest BCUT2D eigenvalue weighted by atomic mass is 16.1. The van der Waals surface area contributed by atoms with Crippen molar-refractivity contribution in [2.45, 2.75) is 26.7 Å². The molecule has 1 aromatic carbocycles. The average molecular weight is 310 g/mol. The molecular weight excluding hydrogens is 288 g/mol. The minimum Gasteiger partial charge on any atom is -0.366 e. The Balaban J connectivity index is 2.24. The molecule has 2 rings (SSSR count). The Labute approximate surface area is 136 Å². The van der Waals surface area contributed by atoms with Crippen molar-refractivity contribution >= 4 is 17.4 Å². The zero-order valence-electron chi connectivity index (χ0n) is 13.8. The molecule has 0 unspecified atom stereocenters. The molecule has 2 aromatic rings. The van der Waals surface area contributed by atoms with Crippen LogP contribution in [0.5, 0.6) is 0 Å². The quantitative estimate of drug-likeness (QED) is 0.797. The SMILES string of the molecule is C=CCNc1cc(C(=O)Nc2ccccc2C(C)C)nc(C)n1. The second kappa shape index (κ2) is 7.54. The lowest BCUT2D eigenvalue weighted by Crippen LogP contribution is -2.17. The standard InChI is InChI=1S/C18H22N4O/c1-5-10-19-17-11-16(20-13(4)21-17)18(23)22-15-9-7-6-8-14(15)12(2)3/h5-9,11-12H,1,10H2,2-4H3,(H,22,23)(H,19,20,21). The minimum absolute atomic E-state index is 0.245. The molecule has 120 valence electrons. The maximum Gasteiger partial charge on any atom is 0.274 e. The van der Waals surface area contributed by atoms with Gasteiger partial charge in [0.15, 0.2) is 0 Å². The summed E-state index contributed by atoms with van der Waals surface area (Å²) in [6.07, 6.45) is 1.73. The molecule has 0 saturated heterocycles. The van der Waals surface area contributed by atoms with Crippen molar-refractivity contribution in [3.8, 4) is 0 Å². The molecule has 0 aliphatic carbocycles. The van der Waals surface area contributed by atoms with Crippen molar-refractivity contribution in [3.63, 3.8) is 0 Å². The number of carbonyl (C=O) groups is 1. The molecule has 0 spiro atoms. The van der Waals surface area contributed by atoms with Crippen LogP contribution in [-0.2, 0) is 0 Å². The van der Waals surface area contributed by atoms with E-state index in [4.69, 9.17) is 0 Å². The van der Waals surface area contributed by atoms with Crippen LogP contribution in [0.25, 0.3) is 0 Å². The summed E-state index contributed by atoms with van der Waals surface area (Å²) in [7, 11) is 0. The van der Waals surface area contributed by atoms with E-state index < -0.39 is 0 Å². The molecule has 0 fully saturated rings. The van der Waals surface area contributed by atoms with Gasteiger partial charge >= 0.3 is 0 Å². The lowest BCUT2D eigenvalue weighted by atomic mass is 10.0. The fourth-order valence-corrected chi connectivity index (χ4v) is 2.25. The summed E-state index contributed by atoms with van der Waals surface area (Å²) in [5, 5.41) is 6.02. The van der Waals surface area contributed by atoms with Gasteiger partial charge in [0.2, 0.25) is 0 Å². The lowest BCUT2D eigenvalue weighted by molar-refractivity contribution is 0.102.